The summed E-state index contributed by atoms with van der Waals surface area (Å²) in [6.07, 6.45) is 7.57. The molecule has 1 fully saturated rings. The van der Waals surface area contributed by atoms with Crippen LogP contribution in [0.3, 0.4) is 0 Å². The number of aliphatic hydroxyl groups excluding tert-OH is 1. The minimum absolute atomic E-state index is 0.231. The molecule has 0 bridgehead atoms. The molecule has 0 aliphatic heterocycles. The van der Waals surface area contributed by atoms with E-state index >= 15 is 0 Å². The van der Waals surface area contributed by atoms with Crippen LogP contribution < -0.4 is 0 Å². The second kappa shape index (κ2) is 4.03. The van der Waals surface area contributed by atoms with Crippen LogP contribution in [0.25, 0.3) is 0 Å². The summed E-state index contributed by atoms with van der Waals surface area (Å²) >= 11 is 0. The van der Waals surface area contributed by atoms with Crippen LogP contribution in [0.5, 0.6) is 0 Å². The van der Waals surface area contributed by atoms with E-state index in [9.17, 15) is 5.11 Å². The maximum atomic E-state index is 10.1. The van der Waals surface area contributed by atoms with Gasteiger partial charge in [0.2, 0.25) is 0 Å². The third-order valence-corrected chi connectivity index (χ3v) is 4.91. The van der Waals surface area contributed by atoms with Crippen LogP contribution in [0.4, 0.5) is 0 Å². The molecule has 0 heterocycles. The molecule has 0 aromatic carbocycles. The van der Waals surface area contributed by atoms with Crippen LogP contribution >= 0.6 is 0 Å². The minimum Gasteiger partial charge on any atom is -0.388 e. The van der Waals surface area contributed by atoms with Crippen molar-refractivity contribution < 1.29 is 5.11 Å². The smallest absolute Gasteiger partial charge is 0.0792 e. The van der Waals surface area contributed by atoms with Crippen LogP contribution in [0.15, 0.2) is 24.3 Å². The summed E-state index contributed by atoms with van der Waals surface area (Å²) in [5, 5.41) is 10.1. The van der Waals surface area contributed by atoms with Crippen LogP contribution in [0.1, 0.15) is 40.0 Å². The average Bonchev–Trinajstić information content (AvgIpc) is 2.51. The van der Waals surface area contributed by atoms with Crippen molar-refractivity contribution in [3.63, 3.8) is 0 Å². The van der Waals surface area contributed by atoms with Gasteiger partial charge in [-0.25, -0.2) is 0 Å². The van der Waals surface area contributed by atoms with Crippen molar-refractivity contribution in [2.45, 2.75) is 46.1 Å². The second-order valence-corrected chi connectivity index (χ2v) is 6.07. The predicted molar refractivity (Wildman–Crippen MR) is 68.1 cm³/mol. The van der Waals surface area contributed by atoms with E-state index in [-0.39, 0.29) is 11.5 Å². The lowest BCUT2D eigenvalue weighted by Gasteiger charge is -2.43. The van der Waals surface area contributed by atoms with Crippen LogP contribution in [-0.4, -0.2) is 11.2 Å². The summed E-state index contributed by atoms with van der Waals surface area (Å²) in [7, 11) is 0. The Kier molecular flexibility index (Phi) is 3.00. The van der Waals surface area contributed by atoms with Crippen molar-refractivity contribution in [3.05, 3.63) is 24.3 Å². The molecule has 4 atom stereocenters. The largest absolute Gasteiger partial charge is 0.388 e. The van der Waals surface area contributed by atoms with Gasteiger partial charge >= 0.3 is 0 Å². The fraction of sp³-hybridized carbons (Fsp3) is 0.733. The Morgan fingerprint density at radius 2 is 2.12 bits per heavy atom. The molecule has 16 heavy (non-hydrogen) atoms. The molecule has 1 spiro atoms. The maximum absolute atomic E-state index is 10.1. The summed E-state index contributed by atoms with van der Waals surface area (Å²) in [4.78, 5) is 0. The van der Waals surface area contributed by atoms with E-state index in [0.717, 1.165) is 17.9 Å². The van der Waals surface area contributed by atoms with Gasteiger partial charge < -0.3 is 5.11 Å². The highest BCUT2D eigenvalue weighted by atomic mass is 16.3. The average molecular weight is 220 g/mol. The van der Waals surface area contributed by atoms with Crippen molar-refractivity contribution in [2.24, 2.45) is 23.2 Å². The molecule has 1 N–H and O–H groups in total. The van der Waals surface area contributed by atoms with Gasteiger partial charge in [-0.15, -0.1) is 0 Å². The van der Waals surface area contributed by atoms with Gasteiger partial charge in [0, 0.05) is 0 Å². The molecule has 90 valence electrons. The van der Waals surface area contributed by atoms with E-state index in [1.54, 1.807) is 0 Å². The maximum Gasteiger partial charge on any atom is 0.0792 e. The molecule has 0 aromatic rings. The van der Waals surface area contributed by atoms with Crippen molar-refractivity contribution >= 4 is 0 Å². The van der Waals surface area contributed by atoms with Gasteiger partial charge in [-0.3, -0.25) is 0 Å². The van der Waals surface area contributed by atoms with E-state index in [1.807, 2.05) is 0 Å². The van der Waals surface area contributed by atoms with Gasteiger partial charge in [-0.2, -0.15) is 0 Å². The lowest BCUT2D eigenvalue weighted by molar-refractivity contribution is 0.0764. The third kappa shape index (κ3) is 1.66. The predicted octanol–water partition coefficient (Wildman–Crippen LogP) is 3.55. The Labute approximate surface area is 99.3 Å². The third-order valence-electron chi connectivity index (χ3n) is 4.91. The molecule has 0 amide bonds. The Hall–Kier alpha value is -0.560. The number of hydrogen-bond acceptors (Lipinski definition) is 1. The zero-order valence-electron chi connectivity index (χ0n) is 10.7. The summed E-state index contributed by atoms with van der Waals surface area (Å²) in [6, 6.07) is 0. The van der Waals surface area contributed by atoms with E-state index in [4.69, 9.17) is 0 Å². The fourth-order valence-electron chi connectivity index (χ4n) is 3.83. The number of hydrogen-bond donors (Lipinski definition) is 1. The normalized spacial score (nSPS) is 43.6. The molecular formula is C15H24O. The molecule has 0 radical (unpaired) electrons. The number of rotatable bonds is 1. The molecule has 0 saturated heterocycles. The zero-order chi connectivity index (χ0) is 11.9. The molecule has 2 aliphatic carbocycles. The van der Waals surface area contributed by atoms with E-state index < -0.39 is 0 Å². The summed E-state index contributed by atoms with van der Waals surface area (Å²) in [6.45, 7) is 10.9. The summed E-state index contributed by atoms with van der Waals surface area (Å²) in [5.41, 5.74) is 1.11. The van der Waals surface area contributed by atoms with Gasteiger partial charge in [0.25, 0.3) is 0 Å². The first kappa shape index (κ1) is 11.9. The molecule has 1 saturated carbocycles. The van der Waals surface area contributed by atoms with Gasteiger partial charge in [0.15, 0.2) is 0 Å². The van der Waals surface area contributed by atoms with E-state index in [2.05, 4.69) is 39.5 Å². The van der Waals surface area contributed by atoms with Gasteiger partial charge in [0.1, 0.15) is 0 Å². The number of aliphatic hydroxyl groups is 1. The molecule has 0 unspecified atom stereocenters. The topological polar surface area (TPSA) is 20.2 Å². The van der Waals surface area contributed by atoms with Crippen molar-refractivity contribution in [3.8, 4) is 0 Å². The lowest BCUT2D eigenvalue weighted by atomic mass is 9.63. The standard InChI is InChI=1S/C15H24O/c1-10(2)13-6-5-12(4)15(13)8-7-11(3)14(16)9-15/h7-8,10,12-14,16H,3,5-6,9H2,1-2,4H3/t12-,13-,14+,15+/m0/s1. The Bertz CT molecular complexity index is 315. The first-order valence-electron chi connectivity index (χ1n) is 6.53. The molecule has 2 aliphatic rings. The Balaban J connectivity index is 2.34. The highest BCUT2D eigenvalue weighted by molar-refractivity contribution is 5.29. The second-order valence-electron chi connectivity index (χ2n) is 6.07. The van der Waals surface area contributed by atoms with E-state index in [1.165, 1.54) is 12.8 Å². The van der Waals surface area contributed by atoms with Crippen molar-refractivity contribution in [2.75, 3.05) is 0 Å². The molecule has 1 nitrogen and oxygen atoms in total. The zero-order valence-corrected chi connectivity index (χ0v) is 10.7. The Morgan fingerprint density at radius 3 is 2.69 bits per heavy atom. The SMILES string of the molecule is C=C1C=C[C@@]2(C[C@H]1O)[C@@H](C)CC[C@H]2C(C)C. The van der Waals surface area contributed by atoms with Gasteiger partial charge in [0.05, 0.1) is 6.10 Å². The van der Waals surface area contributed by atoms with Crippen LogP contribution in [-0.2, 0) is 0 Å². The lowest BCUT2D eigenvalue weighted by Crippen LogP contribution is -2.38. The number of allylic oxidation sites excluding steroid dienone is 1. The summed E-state index contributed by atoms with van der Waals surface area (Å²) in [5.74, 6) is 2.12. The van der Waals surface area contributed by atoms with Gasteiger partial charge in [-0.05, 0) is 48.0 Å². The molecule has 0 aromatic heterocycles. The molecule has 1 heteroatoms. The Morgan fingerprint density at radius 1 is 1.44 bits per heavy atom. The molecular weight excluding hydrogens is 196 g/mol. The highest BCUT2D eigenvalue weighted by Crippen LogP contribution is 2.56. The first-order valence-corrected chi connectivity index (χ1v) is 6.53. The first-order chi connectivity index (χ1) is 7.47. The van der Waals surface area contributed by atoms with Crippen molar-refractivity contribution in [1.29, 1.82) is 0 Å². The highest BCUT2D eigenvalue weighted by Gasteiger charge is 2.49. The van der Waals surface area contributed by atoms with Crippen LogP contribution in [0.2, 0.25) is 0 Å². The fourth-order valence-corrected chi connectivity index (χ4v) is 3.83. The quantitative estimate of drug-likeness (QED) is 0.716. The monoisotopic (exact) mass is 220 g/mol. The summed E-state index contributed by atoms with van der Waals surface area (Å²) < 4.78 is 0. The minimum atomic E-state index is -0.327. The van der Waals surface area contributed by atoms with Crippen molar-refractivity contribution in [1.82, 2.24) is 0 Å². The van der Waals surface area contributed by atoms with Crippen LogP contribution in [0, 0.1) is 23.2 Å². The van der Waals surface area contributed by atoms with E-state index in [0.29, 0.717) is 11.8 Å². The molecule has 2 rings (SSSR count). The van der Waals surface area contributed by atoms with Gasteiger partial charge in [-0.1, -0.05) is 39.5 Å².